The standard InChI is InChI=1S/C77H68F2N2/c1-43-22-17-18-31-59(43)74-64(71-48(6)27-21-28-49(71)7)40-50(8)76(75(74)79)80(58-29-15-14-16-30-58)66-38-34-56-33-37-61-67(39-35-57-32-36-60(66)72(56)73(57)61)81(77-54(12)52(10)51(9)53(11)55(77)13)68-42-63(70-46(4)25-20-26-47(70)5)62(41-65(68)78)69-44(2)23-19-24-45(69)3/h14-42H,1-13H3/i14D,15D,16D,29D,30D. The summed E-state index contributed by atoms with van der Waals surface area (Å²) in [6.45, 7) is 26.9. The summed E-state index contributed by atoms with van der Waals surface area (Å²) >= 11 is 0. The molecule has 0 aliphatic rings. The van der Waals surface area contributed by atoms with E-state index < -0.39 is 36.0 Å². The average Bonchev–Trinajstić information content (AvgIpc) is 0.794. The van der Waals surface area contributed by atoms with Gasteiger partial charge in [-0.1, -0.05) is 133 Å². The second-order valence-corrected chi connectivity index (χ2v) is 22.5. The van der Waals surface area contributed by atoms with Crippen molar-refractivity contribution in [2.45, 2.75) is 90.0 Å². The highest BCUT2D eigenvalue weighted by Crippen LogP contribution is 2.53. The molecule has 0 radical (unpaired) electrons. The second kappa shape index (κ2) is 20.4. The molecule has 0 bridgehead atoms. The molecule has 0 aromatic heterocycles. The molecule has 12 aromatic carbocycles. The van der Waals surface area contributed by atoms with Crippen LogP contribution >= 0.6 is 0 Å². The summed E-state index contributed by atoms with van der Waals surface area (Å²) in [6, 6.07) is 45.6. The number of halogens is 2. The predicted octanol–water partition coefficient (Wildman–Crippen LogP) is 22.5. The number of hydrogen-bond donors (Lipinski definition) is 0. The van der Waals surface area contributed by atoms with Crippen LogP contribution < -0.4 is 9.80 Å². The largest absolute Gasteiger partial charge is 0.307 e. The van der Waals surface area contributed by atoms with Crippen molar-refractivity contribution in [1.29, 1.82) is 0 Å². The maximum absolute atomic E-state index is 19.2. The number of hydrogen-bond acceptors (Lipinski definition) is 2. The molecule has 0 unspecified atom stereocenters. The van der Waals surface area contributed by atoms with Gasteiger partial charge in [-0.25, -0.2) is 8.78 Å². The van der Waals surface area contributed by atoms with E-state index in [1.54, 1.807) is 11.0 Å². The van der Waals surface area contributed by atoms with E-state index in [1.807, 2.05) is 107 Å². The van der Waals surface area contributed by atoms with E-state index in [9.17, 15) is 2.74 Å². The van der Waals surface area contributed by atoms with Crippen molar-refractivity contribution in [1.82, 2.24) is 0 Å². The van der Waals surface area contributed by atoms with Gasteiger partial charge in [0.1, 0.15) is 5.82 Å². The van der Waals surface area contributed by atoms with Gasteiger partial charge in [-0.05, 0) is 265 Å². The van der Waals surface area contributed by atoms with Gasteiger partial charge in [0.25, 0.3) is 0 Å². The average molecular weight is 1060 g/mol. The fourth-order valence-electron chi connectivity index (χ4n) is 13.3. The highest BCUT2D eigenvalue weighted by Gasteiger charge is 2.31. The van der Waals surface area contributed by atoms with Crippen LogP contribution in [0.5, 0.6) is 0 Å². The van der Waals surface area contributed by atoms with Crippen LogP contribution in [0.25, 0.3) is 76.8 Å². The van der Waals surface area contributed by atoms with E-state index in [1.165, 1.54) is 5.56 Å². The molecule has 0 fully saturated rings. The molecule has 12 rings (SSSR count). The molecule has 2 nitrogen and oxygen atoms in total. The maximum atomic E-state index is 19.2. The number of benzene rings is 12. The summed E-state index contributed by atoms with van der Waals surface area (Å²) in [5.74, 6) is -0.992. The van der Waals surface area contributed by atoms with Crippen molar-refractivity contribution in [3.05, 3.63) is 260 Å². The van der Waals surface area contributed by atoms with Gasteiger partial charge in [0.2, 0.25) is 0 Å². The van der Waals surface area contributed by atoms with Gasteiger partial charge in [-0.3, -0.25) is 0 Å². The fourth-order valence-corrected chi connectivity index (χ4v) is 13.3. The number of aryl methyl sites for hydroxylation is 8. The number of nitrogens with zero attached hydrogens (tertiary/aromatic N) is 2. The molecular formula is C77H68F2N2. The Bertz CT molecular complexity index is 4730. The van der Waals surface area contributed by atoms with E-state index in [0.717, 1.165) is 127 Å². The Labute approximate surface area is 484 Å². The Morgan fingerprint density at radius 2 is 0.765 bits per heavy atom. The van der Waals surface area contributed by atoms with Crippen LogP contribution in [-0.2, 0) is 0 Å². The Kier molecular flexibility index (Phi) is 11.8. The van der Waals surface area contributed by atoms with Crippen LogP contribution in [0.15, 0.2) is 176 Å². The van der Waals surface area contributed by atoms with Crippen LogP contribution in [0.1, 0.15) is 79.2 Å². The first-order chi connectivity index (χ1) is 41.0. The van der Waals surface area contributed by atoms with Gasteiger partial charge in [-0.15, -0.1) is 0 Å². The van der Waals surface area contributed by atoms with Crippen LogP contribution in [0.2, 0.25) is 0 Å². The summed E-state index contributed by atoms with van der Waals surface area (Å²) in [6.07, 6.45) is 0. The molecule has 12 aromatic rings. The summed E-state index contributed by atoms with van der Waals surface area (Å²) in [7, 11) is 0. The SMILES string of the molecule is [2H]c1c([2H])c([2H])c(N(c2c(C)cc(-c3c(C)cccc3C)c(-c3ccccc3C)c2F)c2ccc3ccc4c(N(c5cc(-c6c(C)cccc6C)c(-c6c(C)cccc6C)cc5F)c5c(C)c(C)c(C)c(C)c5C)ccc5ccc2c3c54)c([2H])c1[2H]. The molecule has 0 N–H and O–H groups in total. The third kappa shape index (κ3) is 8.49. The zero-order valence-corrected chi connectivity index (χ0v) is 48.5. The van der Waals surface area contributed by atoms with E-state index in [-0.39, 0.29) is 17.2 Å². The van der Waals surface area contributed by atoms with E-state index in [4.69, 9.17) is 4.11 Å². The first kappa shape index (κ1) is 47.0. The molecule has 81 heavy (non-hydrogen) atoms. The molecule has 0 aliphatic carbocycles. The van der Waals surface area contributed by atoms with Gasteiger partial charge in [-0.2, -0.15) is 0 Å². The highest BCUT2D eigenvalue weighted by molar-refractivity contribution is 6.28. The Hall–Kier alpha value is -8.86. The van der Waals surface area contributed by atoms with Gasteiger partial charge in [0.15, 0.2) is 5.82 Å². The predicted molar refractivity (Wildman–Crippen MR) is 343 cm³/mol. The Morgan fingerprint density at radius 1 is 0.333 bits per heavy atom. The number of para-hydroxylation sites is 1. The van der Waals surface area contributed by atoms with Gasteiger partial charge < -0.3 is 9.80 Å². The molecule has 0 spiro atoms. The number of anilines is 6. The summed E-state index contributed by atoms with van der Waals surface area (Å²) in [5.41, 5.74) is 21.6. The second-order valence-electron chi connectivity index (χ2n) is 22.5. The first-order valence-corrected chi connectivity index (χ1v) is 27.9. The summed E-state index contributed by atoms with van der Waals surface area (Å²) < 4.78 is 83.9. The molecule has 0 atom stereocenters. The molecule has 0 aliphatic heterocycles. The topological polar surface area (TPSA) is 6.48 Å². The Balaban J connectivity index is 1.20. The minimum atomic E-state index is -0.604. The van der Waals surface area contributed by atoms with Crippen LogP contribution in [0.3, 0.4) is 0 Å². The van der Waals surface area contributed by atoms with Crippen molar-refractivity contribution in [3.63, 3.8) is 0 Å². The molecule has 0 saturated carbocycles. The van der Waals surface area contributed by atoms with Gasteiger partial charge in [0.05, 0.1) is 35.3 Å². The van der Waals surface area contributed by atoms with E-state index in [0.29, 0.717) is 39.0 Å². The van der Waals surface area contributed by atoms with Crippen molar-refractivity contribution in [2.24, 2.45) is 0 Å². The molecule has 0 amide bonds. The lowest BCUT2D eigenvalue weighted by molar-refractivity contribution is 0.629. The van der Waals surface area contributed by atoms with Crippen molar-refractivity contribution in [3.8, 4) is 44.5 Å². The zero-order valence-electron chi connectivity index (χ0n) is 53.5. The molecule has 4 heteroatoms. The lowest BCUT2D eigenvalue weighted by atomic mass is 9.85. The summed E-state index contributed by atoms with van der Waals surface area (Å²) in [4.78, 5) is 3.69. The van der Waals surface area contributed by atoms with Crippen molar-refractivity contribution in [2.75, 3.05) is 9.80 Å². The third-order valence-electron chi connectivity index (χ3n) is 17.6. The monoisotopic (exact) mass is 1060 g/mol. The van der Waals surface area contributed by atoms with Gasteiger partial charge in [0, 0.05) is 22.0 Å². The van der Waals surface area contributed by atoms with E-state index in [2.05, 4.69) is 128 Å². The van der Waals surface area contributed by atoms with Crippen molar-refractivity contribution < 1.29 is 15.6 Å². The lowest BCUT2D eigenvalue weighted by Crippen LogP contribution is -2.17. The molecule has 400 valence electrons. The smallest absolute Gasteiger partial charge is 0.155 e. The Morgan fingerprint density at radius 3 is 1.27 bits per heavy atom. The van der Waals surface area contributed by atoms with E-state index >= 15 is 8.78 Å². The van der Waals surface area contributed by atoms with Crippen LogP contribution in [0, 0.1) is 102 Å². The summed E-state index contributed by atoms with van der Waals surface area (Å²) in [5, 5.41) is 4.94. The highest BCUT2D eigenvalue weighted by atomic mass is 19.1. The van der Waals surface area contributed by atoms with Crippen molar-refractivity contribution >= 4 is 66.4 Å². The minimum Gasteiger partial charge on any atom is -0.307 e. The third-order valence-corrected chi connectivity index (χ3v) is 17.6. The minimum absolute atomic E-state index is 0.0502. The first-order valence-electron chi connectivity index (χ1n) is 30.4. The van der Waals surface area contributed by atoms with Crippen LogP contribution in [-0.4, -0.2) is 0 Å². The lowest BCUT2D eigenvalue weighted by Gasteiger charge is -2.34. The van der Waals surface area contributed by atoms with Crippen LogP contribution in [0.4, 0.5) is 42.9 Å². The quantitative estimate of drug-likeness (QED) is 0.126. The normalized spacial score (nSPS) is 12.5. The fraction of sp³-hybridized carbons (Fsp3) is 0.169. The van der Waals surface area contributed by atoms with Gasteiger partial charge >= 0.3 is 0 Å². The zero-order chi connectivity index (χ0) is 61.2. The maximum Gasteiger partial charge on any atom is 0.155 e. The number of rotatable bonds is 10. The molecule has 0 heterocycles. The molecular weight excluding hydrogens is 991 g/mol. The molecule has 0 saturated heterocycles.